The van der Waals surface area contributed by atoms with E-state index in [1.807, 2.05) is 0 Å². The van der Waals surface area contributed by atoms with Crippen molar-refractivity contribution in [1.82, 2.24) is 4.90 Å². The van der Waals surface area contributed by atoms with Crippen LogP contribution in [0.4, 0.5) is 0 Å². The Morgan fingerprint density at radius 1 is 1.32 bits per heavy atom. The molecule has 7 nitrogen and oxygen atoms in total. The van der Waals surface area contributed by atoms with Gasteiger partial charge in [-0.15, -0.1) is 11.8 Å². The van der Waals surface area contributed by atoms with Gasteiger partial charge in [-0.1, -0.05) is 0 Å². The average Bonchev–Trinajstić information content (AvgIpc) is 3.16. The van der Waals surface area contributed by atoms with Crippen LogP contribution < -0.4 is 9.47 Å². The normalized spacial score (nSPS) is 19.2. The van der Waals surface area contributed by atoms with Gasteiger partial charge in [-0.3, -0.25) is 14.4 Å². The molecule has 1 atom stereocenters. The van der Waals surface area contributed by atoms with Crippen molar-refractivity contribution < 1.29 is 29.0 Å². The molecule has 25 heavy (non-hydrogen) atoms. The average molecular weight is 363 g/mol. The van der Waals surface area contributed by atoms with E-state index >= 15 is 0 Å². The number of benzene rings is 1. The van der Waals surface area contributed by atoms with Crippen molar-refractivity contribution in [3.05, 3.63) is 34.4 Å². The fraction of sp³-hybridized carbons (Fsp3) is 0.353. The van der Waals surface area contributed by atoms with E-state index in [0.717, 1.165) is 0 Å². The first-order valence-corrected chi connectivity index (χ1v) is 8.63. The first-order valence-electron chi connectivity index (χ1n) is 7.64. The summed E-state index contributed by atoms with van der Waals surface area (Å²) in [5.41, 5.74) is 0.529. The summed E-state index contributed by atoms with van der Waals surface area (Å²) in [6, 6.07) is 4.78. The molecule has 1 N–H and O–H groups in total. The predicted octanol–water partition coefficient (Wildman–Crippen LogP) is 1.78. The topological polar surface area (TPSA) is 93.1 Å². The Balaban J connectivity index is 2.06. The number of aliphatic carboxylic acids is 1. The number of Topliss-reactive ketones (excluding diaryl/α,β-unsaturated/α-hetero) is 1. The molecule has 1 unspecified atom stereocenters. The number of nitrogens with zero attached hydrogens (tertiary/aromatic N) is 1. The fourth-order valence-electron chi connectivity index (χ4n) is 3.06. The standard InChI is InChI=1S/C17H17NO6S/c1-23-9-3-4-10(12(7-9)24-2)15(21)14-11(8-13(19)20)16(22)18-5-6-25-17(14)18/h3-4,7,11H,5-6,8H2,1-2H3,(H,19,20). The van der Waals surface area contributed by atoms with Gasteiger partial charge >= 0.3 is 5.97 Å². The van der Waals surface area contributed by atoms with Crippen molar-refractivity contribution in [2.45, 2.75) is 6.42 Å². The van der Waals surface area contributed by atoms with Crippen molar-refractivity contribution >= 4 is 29.4 Å². The summed E-state index contributed by atoms with van der Waals surface area (Å²) in [6.45, 7) is 0.492. The van der Waals surface area contributed by atoms with Gasteiger partial charge in [0, 0.05) is 23.9 Å². The molecule has 132 valence electrons. The van der Waals surface area contributed by atoms with E-state index in [0.29, 0.717) is 28.8 Å². The second-order valence-electron chi connectivity index (χ2n) is 5.60. The number of ether oxygens (including phenoxy) is 2. The van der Waals surface area contributed by atoms with Crippen LogP contribution in [-0.2, 0) is 9.59 Å². The Labute approximate surface area is 148 Å². The van der Waals surface area contributed by atoms with Crippen LogP contribution in [0.25, 0.3) is 0 Å². The maximum absolute atomic E-state index is 13.1. The molecular formula is C17H17NO6S. The number of methoxy groups -OCH3 is 2. The van der Waals surface area contributed by atoms with Crippen LogP contribution in [0.1, 0.15) is 16.8 Å². The van der Waals surface area contributed by atoms with Crippen LogP contribution in [0.2, 0.25) is 0 Å². The van der Waals surface area contributed by atoms with Crippen LogP contribution in [0.5, 0.6) is 11.5 Å². The van der Waals surface area contributed by atoms with Gasteiger partial charge in [-0.2, -0.15) is 0 Å². The molecule has 0 aromatic heterocycles. The molecule has 0 spiro atoms. The summed E-state index contributed by atoms with van der Waals surface area (Å²) >= 11 is 1.41. The van der Waals surface area contributed by atoms with Gasteiger partial charge in [0.1, 0.15) is 11.5 Å². The molecule has 1 aromatic rings. The molecule has 2 aliphatic heterocycles. The van der Waals surface area contributed by atoms with Crippen molar-refractivity contribution in [2.75, 3.05) is 26.5 Å². The summed E-state index contributed by atoms with van der Waals surface area (Å²) in [5, 5.41) is 9.71. The zero-order valence-corrected chi connectivity index (χ0v) is 14.6. The van der Waals surface area contributed by atoms with Crippen LogP contribution in [0.3, 0.4) is 0 Å². The van der Waals surface area contributed by atoms with E-state index in [1.54, 1.807) is 18.2 Å². The van der Waals surface area contributed by atoms with Gasteiger partial charge in [-0.05, 0) is 12.1 Å². The quantitative estimate of drug-likeness (QED) is 0.770. The Morgan fingerprint density at radius 3 is 2.72 bits per heavy atom. The maximum atomic E-state index is 13.1. The summed E-state index contributed by atoms with van der Waals surface area (Å²) in [6.07, 6.45) is -0.404. The number of carboxylic acids is 1. The Hall–Kier alpha value is -2.48. The van der Waals surface area contributed by atoms with Gasteiger partial charge in [-0.25, -0.2) is 0 Å². The summed E-state index contributed by atoms with van der Waals surface area (Å²) in [7, 11) is 2.95. The van der Waals surface area contributed by atoms with Gasteiger partial charge in [0.25, 0.3) is 0 Å². The highest BCUT2D eigenvalue weighted by Gasteiger charge is 2.46. The molecule has 3 rings (SSSR count). The first kappa shape index (κ1) is 17.3. The Kier molecular flexibility index (Phi) is 4.71. The summed E-state index contributed by atoms with van der Waals surface area (Å²) in [5.74, 6) is -1.23. The minimum atomic E-state index is -1.11. The third-order valence-corrected chi connectivity index (χ3v) is 5.32. The second-order valence-corrected chi connectivity index (χ2v) is 6.69. The van der Waals surface area contributed by atoms with Gasteiger partial charge in [0.2, 0.25) is 5.91 Å². The molecule has 1 amide bonds. The lowest BCUT2D eigenvalue weighted by atomic mass is 9.91. The van der Waals surface area contributed by atoms with E-state index in [4.69, 9.17) is 14.6 Å². The number of amides is 1. The van der Waals surface area contributed by atoms with E-state index < -0.39 is 18.3 Å². The highest BCUT2D eigenvalue weighted by Crippen LogP contribution is 2.44. The maximum Gasteiger partial charge on any atom is 0.304 e. The van der Waals surface area contributed by atoms with Crippen LogP contribution in [-0.4, -0.2) is 54.2 Å². The zero-order valence-electron chi connectivity index (χ0n) is 13.8. The molecule has 0 aliphatic carbocycles. The number of ketones is 1. The second kappa shape index (κ2) is 6.79. The van der Waals surface area contributed by atoms with Crippen LogP contribution >= 0.6 is 11.8 Å². The minimum absolute atomic E-state index is 0.248. The summed E-state index contributed by atoms with van der Waals surface area (Å²) < 4.78 is 10.4. The van der Waals surface area contributed by atoms with Crippen molar-refractivity contribution in [3.63, 3.8) is 0 Å². The van der Waals surface area contributed by atoms with Crippen molar-refractivity contribution in [2.24, 2.45) is 5.92 Å². The zero-order chi connectivity index (χ0) is 18.1. The van der Waals surface area contributed by atoms with Gasteiger partial charge < -0.3 is 19.5 Å². The van der Waals surface area contributed by atoms with E-state index in [-0.39, 0.29) is 22.8 Å². The van der Waals surface area contributed by atoms with E-state index in [2.05, 4.69) is 0 Å². The number of carbonyl (C=O) groups excluding carboxylic acids is 2. The summed E-state index contributed by atoms with van der Waals surface area (Å²) in [4.78, 5) is 38.4. The van der Waals surface area contributed by atoms with Crippen molar-refractivity contribution in [3.8, 4) is 11.5 Å². The number of thioether (sulfide) groups is 1. The highest BCUT2D eigenvalue weighted by atomic mass is 32.2. The SMILES string of the molecule is COc1ccc(C(=O)C2=C3SCCN3C(=O)C2CC(=O)O)c(OC)c1. The number of hydrogen-bond donors (Lipinski definition) is 1. The van der Waals surface area contributed by atoms with Crippen LogP contribution in [0.15, 0.2) is 28.8 Å². The lowest BCUT2D eigenvalue weighted by Gasteiger charge is -2.14. The number of carbonyl (C=O) groups is 3. The predicted molar refractivity (Wildman–Crippen MR) is 90.8 cm³/mol. The molecular weight excluding hydrogens is 346 g/mol. The third kappa shape index (κ3) is 2.97. The Bertz CT molecular complexity index is 787. The number of rotatable bonds is 6. The van der Waals surface area contributed by atoms with E-state index in [1.165, 1.54) is 30.9 Å². The largest absolute Gasteiger partial charge is 0.497 e. The molecule has 2 aliphatic rings. The van der Waals surface area contributed by atoms with Crippen molar-refractivity contribution in [1.29, 1.82) is 0 Å². The fourth-order valence-corrected chi connectivity index (χ4v) is 4.25. The molecule has 1 aromatic carbocycles. The molecule has 1 fully saturated rings. The first-order chi connectivity index (χ1) is 12.0. The molecule has 0 radical (unpaired) electrons. The molecule has 1 saturated heterocycles. The minimum Gasteiger partial charge on any atom is -0.497 e. The Morgan fingerprint density at radius 2 is 2.08 bits per heavy atom. The van der Waals surface area contributed by atoms with Crippen LogP contribution in [0, 0.1) is 5.92 Å². The number of hydrogen-bond acceptors (Lipinski definition) is 6. The lowest BCUT2D eigenvalue weighted by molar-refractivity contribution is -0.141. The van der Waals surface area contributed by atoms with Gasteiger partial charge in [0.05, 0.1) is 37.2 Å². The third-order valence-electron chi connectivity index (χ3n) is 4.22. The molecule has 8 heteroatoms. The number of carboxylic acid groups (broad SMARTS) is 1. The molecule has 0 bridgehead atoms. The molecule has 0 saturated carbocycles. The smallest absolute Gasteiger partial charge is 0.304 e. The number of fused-ring (bicyclic) bond motifs is 1. The lowest BCUT2D eigenvalue weighted by Crippen LogP contribution is -2.29. The van der Waals surface area contributed by atoms with Gasteiger partial charge in [0.15, 0.2) is 5.78 Å². The molecule has 2 heterocycles. The van der Waals surface area contributed by atoms with E-state index in [9.17, 15) is 14.4 Å². The highest BCUT2D eigenvalue weighted by molar-refractivity contribution is 8.03. The monoisotopic (exact) mass is 363 g/mol.